The number of ketones is 2. The summed E-state index contributed by atoms with van der Waals surface area (Å²) in [6.07, 6.45) is 14.0. The summed E-state index contributed by atoms with van der Waals surface area (Å²) in [5, 5.41) is 42.1. The molecule has 8 aliphatic rings. The predicted octanol–water partition coefficient (Wildman–Crippen LogP) is 6.41. The third-order valence-electron chi connectivity index (χ3n) is 16.8. The van der Waals surface area contributed by atoms with E-state index in [-0.39, 0.29) is 57.9 Å². The van der Waals surface area contributed by atoms with Gasteiger partial charge in [0.2, 0.25) is 0 Å². The number of halogens is 5. The number of hydrogen-bond acceptors (Lipinski definition) is 6. The van der Waals surface area contributed by atoms with E-state index in [0.29, 0.717) is 73.2 Å². The van der Waals surface area contributed by atoms with Crippen molar-refractivity contribution in [3.05, 3.63) is 0 Å². The van der Waals surface area contributed by atoms with Crippen molar-refractivity contribution in [2.75, 3.05) is 0 Å². The summed E-state index contributed by atoms with van der Waals surface area (Å²) in [4.78, 5) is 24.3. The maximum atomic E-state index is 12.4. The van der Waals surface area contributed by atoms with Crippen LogP contribution in [-0.2, 0) is 9.59 Å². The Morgan fingerprint density at radius 2 is 1.12 bits per heavy atom. The molecule has 0 aromatic rings. The second kappa shape index (κ2) is 17.1. The van der Waals surface area contributed by atoms with Gasteiger partial charge in [0.25, 0.3) is 0 Å². The SMILES string of the molecule is C[C@]12CCC3C(C[C@H](O)[C@H]4CC(=O)CC[C@]34C)C1CCC2=O.C[C@]12CCC3C(C[C@H](O)[C@H]4C[C@@H](O)CC[C@]34C)C1CC[C@@H]2O.II.I[I-]I. The van der Waals surface area contributed by atoms with E-state index in [1.807, 2.05) is 0 Å². The predicted molar refractivity (Wildman–Crippen MR) is 224 cm³/mol. The fourth-order valence-corrected chi connectivity index (χ4v) is 14.1. The monoisotopic (exact) mass is 1250 g/mol. The Kier molecular flexibility index (Phi) is 15.0. The Labute approximate surface area is 348 Å². The fourth-order valence-electron chi connectivity index (χ4n) is 14.1. The number of fused-ring (bicyclic) bond motifs is 10. The summed E-state index contributed by atoms with van der Waals surface area (Å²) in [5.41, 5.74) is 0.243. The molecule has 6 nitrogen and oxygen atoms in total. The number of aliphatic hydroxyl groups excluding tert-OH is 4. The quantitative estimate of drug-likeness (QED) is 0.209. The third-order valence-corrected chi connectivity index (χ3v) is 16.8. The van der Waals surface area contributed by atoms with Crippen LogP contribution in [0.25, 0.3) is 0 Å². The second-order valence-electron chi connectivity index (χ2n) is 18.4. The first-order chi connectivity index (χ1) is 23.1. The summed E-state index contributed by atoms with van der Waals surface area (Å²) in [6, 6.07) is 0. The average molecular weight is 1250 g/mol. The topological polar surface area (TPSA) is 115 Å². The number of Topliss-reactive ketones (excluding diaryl/α,β-unsaturated/α-hetero) is 2. The molecular weight excluding hydrogens is 1190 g/mol. The van der Waals surface area contributed by atoms with Gasteiger partial charge in [0.15, 0.2) is 0 Å². The van der Waals surface area contributed by atoms with Crippen LogP contribution in [0.4, 0.5) is 0 Å². The second-order valence-corrected chi connectivity index (χ2v) is 34.6. The molecule has 6 unspecified atom stereocenters. The molecule has 0 saturated heterocycles. The number of aliphatic hydroxyl groups is 4. The zero-order valence-electron chi connectivity index (χ0n) is 29.7. The molecule has 8 fully saturated rings. The molecule has 8 saturated carbocycles. The molecule has 0 spiro atoms. The van der Waals surface area contributed by atoms with E-state index in [4.69, 9.17) is 0 Å². The molecule has 4 N–H and O–H groups in total. The molecule has 8 rings (SSSR count). The van der Waals surface area contributed by atoms with Crippen molar-refractivity contribution >= 4 is 86.0 Å². The molecule has 0 aromatic carbocycles. The summed E-state index contributed by atoms with van der Waals surface area (Å²) in [7, 11) is 0. The zero-order chi connectivity index (χ0) is 36.1. The van der Waals surface area contributed by atoms with Gasteiger partial charge in [-0.3, -0.25) is 9.59 Å². The Morgan fingerprint density at radius 1 is 0.592 bits per heavy atom. The van der Waals surface area contributed by atoms with Gasteiger partial charge in [-0.1, -0.05) is 27.7 Å². The van der Waals surface area contributed by atoms with Crippen LogP contribution in [0.5, 0.6) is 0 Å². The van der Waals surface area contributed by atoms with Crippen LogP contribution in [0.3, 0.4) is 0 Å². The van der Waals surface area contributed by atoms with Gasteiger partial charge in [-0.2, -0.15) is 0 Å². The number of carbonyl (C=O) groups is 2. The fraction of sp³-hybridized carbons (Fsp3) is 0.947. The van der Waals surface area contributed by atoms with Gasteiger partial charge in [0.05, 0.1) is 24.4 Å². The van der Waals surface area contributed by atoms with Crippen molar-refractivity contribution in [3.63, 3.8) is 0 Å². The molecule has 11 heteroatoms. The molecule has 0 radical (unpaired) electrons. The van der Waals surface area contributed by atoms with Gasteiger partial charge in [0.1, 0.15) is 11.6 Å². The molecule has 284 valence electrons. The van der Waals surface area contributed by atoms with Crippen molar-refractivity contribution in [2.24, 2.45) is 69.0 Å². The van der Waals surface area contributed by atoms with Crippen molar-refractivity contribution in [1.29, 1.82) is 0 Å². The van der Waals surface area contributed by atoms with E-state index in [0.717, 1.165) is 83.5 Å². The molecule has 0 aliphatic heterocycles. The first-order valence-electron chi connectivity index (χ1n) is 18.9. The number of hydrogen-bond donors (Lipinski definition) is 4. The van der Waals surface area contributed by atoms with E-state index in [9.17, 15) is 30.0 Å². The first kappa shape index (κ1) is 43.0. The van der Waals surface area contributed by atoms with Crippen LogP contribution in [0, 0.1) is 69.0 Å². The van der Waals surface area contributed by atoms with Crippen molar-refractivity contribution in [1.82, 2.24) is 0 Å². The average Bonchev–Trinajstić information content (AvgIpc) is 3.55. The Hall–Kier alpha value is 2.83. The molecule has 16 atom stereocenters. The minimum atomic E-state index is -0.353. The van der Waals surface area contributed by atoms with E-state index in [1.165, 1.54) is 6.42 Å². The van der Waals surface area contributed by atoms with Gasteiger partial charge >= 0.3 is 50.5 Å². The van der Waals surface area contributed by atoms with Crippen molar-refractivity contribution in [2.45, 2.75) is 155 Å². The minimum absolute atomic E-state index is 0.0816. The zero-order valence-corrected chi connectivity index (χ0v) is 40.5. The van der Waals surface area contributed by atoms with Gasteiger partial charge in [-0.25, -0.2) is 0 Å². The normalized spacial score (nSPS) is 52.6. The molecule has 0 aromatic heterocycles. The van der Waals surface area contributed by atoms with Crippen LogP contribution in [-0.4, -0.2) is 56.4 Å². The standard InChI is InChI=1S/C19H32O3.C19H28O3.I3.I2/c2*1-18-7-5-11(20)9-15(18)16(21)10-12-13-3-4-17(22)19(13,2)8-6-14(12)18;1-3-2;1-2/h11-17,20-22H,3-10H2,1-2H3;12-16,21H,3-10H2,1-2H3;;/q;;-1;/t11-,12?,13?,14?,15+,16-,17-,18+,19-;12?,13?,14?,15-,16+,18-,19+;;/m01../s1. The van der Waals surface area contributed by atoms with Gasteiger partial charge < -0.3 is 20.4 Å². The van der Waals surface area contributed by atoms with Gasteiger partial charge in [-0.15, -0.1) is 0 Å². The third kappa shape index (κ3) is 7.78. The molecule has 0 bridgehead atoms. The Balaban J connectivity index is 0.000000169. The van der Waals surface area contributed by atoms with Crippen molar-refractivity contribution < 1.29 is 43.3 Å². The summed E-state index contributed by atoms with van der Waals surface area (Å²) in [6.45, 7) is 9.17. The molecular formula is C38H60I5O6-. The van der Waals surface area contributed by atoms with Gasteiger partial charge in [0, 0.05) is 61.9 Å². The van der Waals surface area contributed by atoms with Crippen LogP contribution < -0.4 is 13.3 Å². The van der Waals surface area contributed by atoms with E-state index >= 15 is 0 Å². The van der Waals surface area contributed by atoms with E-state index < -0.39 is 0 Å². The maximum absolute atomic E-state index is 12.4. The Bertz CT molecular complexity index is 1190. The van der Waals surface area contributed by atoms with Crippen LogP contribution >= 0.6 is 74.5 Å². The van der Waals surface area contributed by atoms with Crippen LogP contribution in [0.1, 0.15) is 130 Å². The van der Waals surface area contributed by atoms with Crippen LogP contribution in [0.2, 0.25) is 0 Å². The number of rotatable bonds is 0. The molecule has 8 aliphatic carbocycles. The summed E-state index contributed by atoms with van der Waals surface area (Å²) < 4.78 is 0. The molecule has 0 heterocycles. The van der Waals surface area contributed by atoms with Gasteiger partial charge in [-0.05, 0) is 147 Å². The summed E-state index contributed by atoms with van der Waals surface area (Å²) in [5.74, 6) is 4.58. The summed E-state index contributed by atoms with van der Waals surface area (Å²) >= 11 is 9.54. The molecule has 0 amide bonds. The molecule has 49 heavy (non-hydrogen) atoms. The van der Waals surface area contributed by atoms with E-state index in [2.05, 4.69) is 102 Å². The first-order valence-corrected chi connectivity index (χ1v) is 37.8. The van der Waals surface area contributed by atoms with E-state index in [1.54, 1.807) is 0 Å². The van der Waals surface area contributed by atoms with Crippen LogP contribution in [0.15, 0.2) is 0 Å². The van der Waals surface area contributed by atoms with Crippen molar-refractivity contribution in [3.8, 4) is 0 Å². The Morgan fingerprint density at radius 3 is 1.78 bits per heavy atom. The number of carbonyl (C=O) groups excluding carboxylic acids is 2.